The molecule has 1 rings (SSSR count). The van der Waals surface area contributed by atoms with E-state index in [9.17, 15) is 9.18 Å². The Morgan fingerprint density at radius 2 is 2.14 bits per heavy atom. The van der Waals surface area contributed by atoms with Crippen molar-refractivity contribution in [2.24, 2.45) is 5.73 Å². The van der Waals surface area contributed by atoms with Crippen LogP contribution >= 0.6 is 12.2 Å². The lowest BCUT2D eigenvalue weighted by molar-refractivity contribution is -0.117. The molecule has 0 aliphatic carbocycles. The lowest BCUT2D eigenvalue weighted by atomic mass is 10.3. The number of thiocarbonyl (C=S) groups is 1. The van der Waals surface area contributed by atoms with Gasteiger partial charge in [-0.25, -0.2) is 4.39 Å². The van der Waals surface area contributed by atoms with Crippen LogP contribution in [0.5, 0.6) is 0 Å². The molecule has 0 spiro atoms. The largest absolute Gasteiger partial charge is 0.393 e. The number of hydrogen-bond donors (Lipinski definition) is 2. The van der Waals surface area contributed by atoms with Gasteiger partial charge in [0.15, 0.2) is 0 Å². The van der Waals surface area contributed by atoms with Crippen LogP contribution < -0.4 is 11.1 Å². The van der Waals surface area contributed by atoms with Crippen molar-refractivity contribution in [3.8, 4) is 0 Å². The highest BCUT2D eigenvalue weighted by atomic mass is 32.1. The first kappa shape index (κ1) is 17.5. The molecule has 0 unspecified atom stereocenters. The number of nitrogens with two attached hydrogens (primary N) is 1. The Kier molecular flexibility index (Phi) is 7.81. The van der Waals surface area contributed by atoms with E-state index < -0.39 is 5.82 Å². The molecule has 1 amide bonds. The van der Waals surface area contributed by atoms with Crippen LogP contribution in [0.2, 0.25) is 0 Å². The van der Waals surface area contributed by atoms with Gasteiger partial charge < -0.3 is 15.8 Å². The molecule has 0 saturated carbocycles. The summed E-state index contributed by atoms with van der Waals surface area (Å²) in [6, 6.07) is 6.04. The number of halogens is 1. The van der Waals surface area contributed by atoms with Crippen molar-refractivity contribution in [3.05, 3.63) is 30.1 Å². The van der Waals surface area contributed by atoms with Gasteiger partial charge in [0.1, 0.15) is 5.82 Å². The Hall–Kier alpha value is -1.57. The fourth-order valence-corrected chi connectivity index (χ4v) is 1.81. The molecule has 7 heteroatoms. The molecular weight excluding hydrogens is 293 g/mol. The van der Waals surface area contributed by atoms with Gasteiger partial charge in [-0.3, -0.25) is 9.69 Å². The number of amides is 1. The number of hydrogen-bond acceptors (Lipinski definition) is 4. The third-order valence-corrected chi connectivity index (χ3v) is 3.01. The van der Waals surface area contributed by atoms with Gasteiger partial charge >= 0.3 is 0 Å². The first-order chi connectivity index (χ1) is 10.0. The summed E-state index contributed by atoms with van der Waals surface area (Å²) >= 11 is 4.83. The maximum absolute atomic E-state index is 13.5. The summed E-state index contributed by atoms with van der Waals surface area (Å²) in [5.74, 6) is -0.753. The van der Waals surface area contributed by atoms with Crippen molar-refractivity contribution in [1.29, 1.82) is 0 Å². The Balaban J connectivity index is 2.54. The molecule has 3 N–H and O–H groups in total. The minimum atomic E-state index is -0.461. The summed E-state index contributed by atoms with van der Waals surface area (Å²) in [5.41, 5.74) is 5.64. The van der Waals surface area contributed by atoms with Gasteiger partial charge in [-0.05, 0) is 12.1 Å². The van der Waals surface area contributed by atoms with Crippen molar-refractivity contribution in [3.63, 3.8) is 0 Å². The number of nitrogens with one attached hydrogen (secondary N) is 1. The molecule has 21 heavy (non-hydrogen) atoms. The average molecular weight is 313 g/mol. The number of anilines is 1. The molecule has 0 bridgehead atoms. The van der Waals surface area contributed by atoms with Gasteiger partial charge in [0, 0.05) is 26.6 Å². The predicted molar refractivity (Wildman–Crippen MR) is 84.7 cm³/mol. The smallest absolute Gasteiger partial charge is 0.238 e. The minimum Gasteiger partial charge on any atom is -0.393 e. The van der Waals surface area contributed by atoms with Gasteiger partial charge in [-0.15, -0.1) is 0 Å². The minimum absolute atomic E-state index is 0.125. The van der Waals surface area contributed by atoms with Crippen LogP contribution in [0.15, 0.2) is 24.3 Å². The zero-order valence-electron chi connectivity index (χ0n) is 12.0. The first-order valence-electron chi connectivity index (χ1n) is 6.57. The number of carbonyl (C=O) groups is 1. The zero-order valence-corrected chi connectivity index (χ0v) is 12.8. The summed E-state index contributed by atoms with van der Waals surface area (Å²) in [7, 11) is 1.59. The monoisotopic (exact) mass is 313 g/mol. The first-order valence-corrected chi connectivity index (χ1v) is 6.97. The topological polar surface area (TPSA) is 67.6 Å². The Bertz CT molecular complexity index is 485. The van der Waals surface area contributed by atoms with Crippen molar-refractivity contribution in [1.82, 2.24) is 4.90 Å². The van der Waals surface area contributed by atoms with Crippen molar-refractivity contribution >= 4 is 28.8 Å². The third kappa shape index (κ3) is 7.12. The van der Waals surface area contributed by atoms with E-state index in [1.165, 1.54) is 12.1 Å². The van der Waals surface area contributed by atoms with Crippen LogP contribution in [-0.4, -0.2) is 49.1 Å². The van der Waals surface area contributed by atoms with E-state index in [2.05, 4.69) is 5.32 Å². The Labute approximate surface area is 129 Å². The number of ether oxygens (including phenoxy) is 1. The second kappa shape index (κ2) is 9.38. The quantitative estimate of drug-likeness (QED) is 0.674. The second-order valence-electron chi connectivity index (χ2n) is 4.51. The summed E-state index contributed by atoms with van der Waals surface area (Å²) in [5, 5.41) is 2.54. The summed E-state index contributed by atoms with van der Waals surface area (Å²) in [4.78, 5) is 14.2. The SMILES string of the molecule is COCCN(CCC(N)=S)CC(=O)Nc1ccccc1F. The molecule has 0 aliphatic rings. The molecule has 5 nitrogen and oxygen atoms in total. The van der Waals surface area contributed by atoms with Crippen molar-refractivity contribution in [2.75, 3.05) is 38.7 Å². The van der Waals surface area contributed by atoms with Crippen molar-refractivity contribution in [2.45, 2.75) is 6.42 Å². The highest BCUT2D eigenvalue weighted by molar-refractivity contribution is 7.80. The summed E-state index contributed by atoms with van der Waals surface area (Å²) in [6.45, 7) is 1.75. The van der Waals surface area contributed by atoms with Gasteiger partial charge in [0.2, 0.25) is 5.91 Å². The zero-order chi connectivity index (χ0) is 15.7. The van der Waals surface area contributed by atoms with Gasteiger partial charge in [0.05, 0.1) is 23.8 Å². The van der Waals surface area contributed by atoms with Gasteiger partial charge in [0.25, 0.3) is 0 Å². The molecule has 0 heterocycles. The number of para-hydroxylation sites is 1. The lowest BCUT2D eigenvalue weighted by Gasteiger charge is -2.21. The van der Waals surface area contributed by atoms with Gasteiger partial charge in [-0.2, -0.15) is 0 Å². The number of carbonyl (C=O) groups excluding carboxylic acids is 1. The van der Waals surface area contributed by atoms with Crippen LogP contribution in [0.4, 0.5) is 10.1 Å². The molecule has 116 valence electrons. The van der Waals surface area contributed by atoms with Gasteiger partial charge in [-0.1, -0.05) is 24.4 Å². The summed E-state index contributed by atoms with van der Waals surface area (Å²) in [6.07, 6.45) is 0.520. The Morgan fingerprint density at radius 3 is 2.76 bits per heavy atom. The number of nitrogens with zero attached hydrogens (tertiary/aromatic N) is 1. The molecule has 0 saturated heterocycles. The van der Waals surface area contributed by atoms with E-state index in [0.717, 1.165) is 0 Å². The normalized spacial score (nSPS) is 10.6. The van der Waals surface area contributed by atoms with Crippen LogP contribution in [0.3, 0.4) is 0 Å². The number of methoxy groups -OCH3 is 1. The standard InChI is InChI=1S/C14H20FN3O2S/c1-20-9-8-18(7-6-13(16)21)10-14(19)17-12-5-3-2-4-11(12)15/h2-5H,6-10H2,1H3,(H2,16,21)(H,17,19). The number of benzene rings is 1. The fourth-order valence-electron chi connectivity index (χ4n) is 1.71. The van der Waals surface area contributed by atoms with E-state index in [4.69, 9.17) is 22.7 Å². The molecule has 1 aromatic carbocycles. The van der Waals surface area contributed by atoms with Crippen LogP contribution in [-0.2, 0) is 9.53 Å². The molecule has 0 aromatic heterocycles. The summed E-state index contributed by atoms with van der Waals surface area (Å²) < 4.78 is 18.5. The van der Waals surface area contributed by atoms with E-state index in [1.807, 2.05) is 4.90 Å². The molecule has 0 fully saturated rings. The predicted octanol–water partition coefficient (Wildman–Crippen LogP) is 1.39. The molecule has 1 aromatic rings. The molecule has 0 aliphatic heterocycles. The number of rotatable bonds is 9. The maximum Gasteiger partial charge on any atom is 0.238 e. The fraction of sp³-hybridized carbons (Fsp3) is 0.429. The Morgan fingerprint density at radius 1 is 1.43 bits per heavy atom. The highest BCUT2D eigenvalue weighted by Gasteiger charge is 2.12. The molecular formula is C14H20FN3O2S. The van der Waals surface area contributed by atoms with Crippen molar-refractivity contribution < 1.29 is 13.9 Å². The third-order valence-electron chi connectivity index (χ3n) is 2.80. The van der Waals surface area contributed by atoms with E-state index in [0.29, 0.717) is 31.1 Å². The lowest BCUT2D eigenvalue weighted by Crippen LogP contribution is -2.37. The van der Waals surface area contributed by atoms with E-state index in [-0.39, 0.29) is 18.1 Å². The second-order valence-corrected chi connectivity index (χ2v) is 5.04. The van der Waals surface area contributed by atoms with Crippen LogP contribution in [0, 0.1) is 5.82 Å². The maximum atomic E-state index is 13.5. The van der Waals surface area contributed by atoms with Crippen LogP contribution in [0.25, 0.3) is 0 Å². The molecule has 0 radical (unpaired) electrons. The average Bonchev–Trinajstić information content (AvgIpc) is 2.44. The van der Waals surface area contributed by atoms with E-state index in [1.54, 1.807) is 19.2 Å². The van der Waals surface area contributed by atoms with E-state index >= 15 is 0 Å². The molecule has 0 atom stereocenters. The van der Waals surface area contributed by atoms with Crippen LogP contribution in [0.1, 0.15) is 6.42 Å². The highest BCUT2D eigenvalue weighted by Crippen LogP contribution is 2.12.